The Kier molecular flexibility index (Phi) is 6.90. The number of likely N-dealkylation sites (tertiary alicyclic amines) is 1. The van der Waals surface area contributed by atoms with E-state index in [4.69, 9.17) is 9.73 Å². The van der Waals surface area contributed by atoms with Gasteiger partial charge in [0, 0.05) is 57.9 Å². The van der Waals surface area contributed by atoms with Gasteiger partial charge in [-0.1, -0.05) is 0 Å². The molecule has 4 saturated heterocycles. The first-order valence-electron chi connectivity index (χ1n) is 12.2. The van der Waals surface area contributed by atoms with Crippen molar-refractivity contribution in [3.05, 3.63) is 30.1 Å². The van der Waals surface area contributed by atoms with E-state index in [1.165, 1.54) is 12.1 Å². The average molecular weight is 491 g/mol. The molecule has 5 rings (SSSR count). The lowest BCUT2D eigenvalue weighted by Gasteiger charge is -2.37. The maximum atomic E-state index is 13.2. The molecule has 1 aromatic carbocycles. The molecule has 0 aliphatic carbocycles. The van der Waals surface area contributed by atoms with E-state index < -0.39 is 5.41 Å². The lowest BCUT2D eigenvalue weighted by Crippen LogP contribution is -2.48. The highest BCUT2D eigenvalue weighted by Gasteiger charge is 2.50. The van der Waals surface area contributed by atoms with Crippen LogP contribution in [0.5, 0.6) is 0 Å². The van der Waals surface area contributed by atoms with Gasteiger partial charge in [-0.25, -0.2) is 9.28 Å². The molecule has 0 saturated carbocycles. The summed E-state index contributed by atoms with van der Waals surface area (Å²) in [6.07, 6.45) is 2.50. The normalized spacial score (nSPS) is 24.9. The predicted octanol–water partition coefficient (Wildman–Crippen LogP) is 0.968. The number of esters is 1. The number of rotatable bonds is 6. The number of piperazine rings is 1. The molecule has 0 radical (unpaired) electrons. The largest absolute Gasteiger partial charge is 0.462 e. The van der Waals surface area contributed by atoms with Crippen LogP contribution in [0.1, 0.15) is 25.7 Å². The number of hydrogen-bond acceptors (Lipinski definition) is 8. The van der Waals surface area contributed by atoms with Crippen molar-refractivity contribution in [1.29, 1.82) is 0 Å². The topological polar surface area (TPSA) is 91.9 Å². The zero-order valence-corrected chi connectivity index (χ0v) is 19.7. The Bertz CT molecular complexity index is 944. The number of hydrogen-bond donors (Lipinski definition) is 0. The molecule has 0 aromatic heterocycles. The van der Waals surface area contributed by atoms with Gasteiger partial charge >= 0.3 is 5.97 Å². The number of ether oxygens (including phenoxy) is 1. The van der Waals surface area contributed by atoms with Gasteiger partial charge in [0.15, 0.2) is 6.61 Å². The van der Waals surface area contributed by atoms with Crippen molar-refractivity contribution in [2.75, 3.05) is 63.9 Å². The Morgan fingerprint density at radius 3 is 2.40 bits per heavy atom. The highest BCUT2D eigenvalue weighted by molar-refractivity contribution is 5.85. The van der Waals surface area contributed by atoms with Crippen LogP contribution in [0, 0.1) is 11.2 Å². The van der Waals surface area contributed by atoms with Crippen LogP contribution >= 0.6 is 0 Å². The summed E-state index contributed by atoms with van der Waals surface area (Å²) in [4.78, 5) is 52.4. The summed E-state index contributed by atoms with van der Waals surface area (Å²) < 4.78 is 18.9. The molecule has 0 unspecified atom stereocenters. The van der Waals surface area contributed by atoms with Crippen molar-refractivity contribution in [2.24, 2.45) is 5.41 Å². The van der Waals surface area contributed by atoms with Crippen molar-refractivity contribution in [2.45, 2.75) is 31.8 Å². The van der Waals surface area contributed by atoms with Gasteiger partial charge in [-0.3, -0.25) is 19.3 Å². The Morgan fingerprint density at radius 1 is 1.03 bits per heavy atom. The third-order valence-electron chi connectivity index (χ3n) is 7.61. The molecule has 0 bridgehead atoms. The lowest BCUT2D eigenvalue weighted by atomic mass is 9.75. The standard InChI is InChI=1S/C24H31FN4O6/c25-18-1-3-19(4-2-18)27-13-11-26(12-14-27)8-5-20-15-24(23(32)34-20)6-9-28(10-7-24)21(30)16-29-22(31)17-33-35-29/h1-4,20H,5-17H2/t20-/m0/s1. The molecule has 35 heavy (non-hydrogen) atoms. The number of piperidine rings is 1. The van der Waals surface area contributed by atoms with Crippen LogP contribution in [-0.2, 0) is 29.0 Å². The molecule has 10 nitrogen and oxygen atoms in total. The first kappa shape index (κ1) is 24.0. The number of hydroxylamine groups is 2. The summed E-state index contributed by atoms with van der Waals surface area (Å²) in [7, 11) is 0. The van der Waals surface area contributed by atoms with E-state index in [-0.39, 0.29) is 42.9 Å². The van der Waals surface area contributed by atoms with Gasteiger partial charge in [-0.15, -0.1) is 4.99 Å². The van der Waals surface area contributed by atoms with Gasteiger partial charge < -0.3 is 14.5 Å². The van der Waals surface area contributed by atoms with Gasteiger partial charge in [-0.2, -0.15) is 5.06 Å². The second-order valence-corrected chi connectivity index (χ2v) is 9.75. The molecule has 11 heteroatoms. The van der Waals surface area contributed by atoms with E-state index in [9.17, 15) is 18.8 Å². The van der Waals surface area contributed by atoms with Crippen molar-refractivity contribution in [3.63, 3.8) is 0 Å². The van der Waals surface area contributed by atoms with Crippen LogP contribution in [0.25, 0.3) is 0 Å². The number of anilines is 1. The minimum atomic E-state index is -0.522. The Labute approximate surface area is 203 Å². The number of carbonyl (C=O) groups excluding carboxylic acids is 3. The Balaban J connectivity index is 1.05. The number of benzene rings is 1. The zero-order valence-electron chi connectivity index (χ0n) is 19.7. The summed E-state index contributed by atoms with van der Waals surface area (Å²) in [5.74, 6) is -0.980. The molecule has 4 heterocycles. The fourth-order valence-electron chi connectivity index (χ4n) is 5.39. The van der Waals surface area contributed by atoms with Crippen molar-refractivity contribution < 1.29 is 33.4 Å². The molecule has 1 aromatic rings. The maximum absolute atomic E-state index is 13.2. The van der Waals surface area contributed by atoms with E-state index >= 15 is 0 Å². The molecule has 190 valence electrons. The van der Waals surface area contributed by atoms with Crippen molar-refractivity contribution >= 4 is 23.5 Å². The second kappa shape index (κ2) is 10.1. The molecule has 0 N–H and O–H groups in total. The maximum Gasteiger partial charge on any atom is 0.312 e. The van der Waals surface area contributed by atoms with E-state index in [2.05, 4.69) is 14.7 Å². The Morgan fingerprint density at radius 2 is 1.74 bits per heavy atom. The van der Waals surface area contributed by atoms with Gasteiger partial charge in [-0.05, 0) is 43.5 Å². The average Bonchev–Trinajstić information content (AvgIpc) is 3.41. The molecule has 4 aliphatic rings. The molecule has 4 aliphatic heterocycles. The fourth-order valence-corrected chi connectivity index (χ4v) is 5.39. The van der Waals surface area contributed by atoms with Gasteiger partial charge in [0.05, 0.1) is 5.41 Å². The molecule has 4 fully saturated rings. The number of carbonyl (C=O) groups is 3. The summed E-state index contributed by atoms with van der Waals surface area (Å²) in [6, 6.07) is 6.61. The summed E-state index contributed by atoms with van der Waals surface area (Å²) in [5, 5.41) is 0.923. The Hall–Kier alpha value is -2.76. The van der Waals surface area contributed by atoms with E-state index in [1.807, 2.05) is 12.1 Å². The van der Waals surface area contributed by atoms with Gasteiger partial charge in [0.2, 0.25) is 5.91 Å². The lowest BCUT2D eigenvalue weighted by molar-refractivity contribution is -0.363. The van der Waals surface area contributed by atoms with Crippen molar-refractivity contribution in [1.82, 2.24) is 14.9 Å². The molecular formula is C24H31FN4O6. The minimum Gasteiger partial charge on any atom is -0.462 e. The number of halogens is 1. The second-order valence-electron chi connectivity index (χ2n) is 9.75. The fraction of sp³-hybridized carbons (Fsp3) is 0.625. The van der Waals surface area contributed by atoms with Crippen LogP contribution in [0.3, 0.4) is 0 Å². The quantitative estimate of drug-likeness (QED) is 0.430. The van der Waals surface area contributed by atoms with E-state index in [0.29, 0.717) is 32.4 Å². The summed E-state index contributed by atoms with van der Waals surface area (Å²) in [6.45, 7) is 4.98. The number of nitrogens with zero attached hydrogens (tertiary/aromatic N) is 4. The van der Waals surface area contributed by atoms with E-state index in [0.717, 1.165) is 49.9 Å². The van der Waals surface area contributed by atoms with Crippen LogP contribution in [0.2, 0.25) is 0 Å². The van der Waals surface area contributed by atoms with Gasteiger partial charge in [0.25, 0.3) is 5.91 Å². The van der Waals surface area contributed by atoms with Gasteiger partial charge in [0.1, 0.15) is 18.5 Å². The third kappa shape index (κ3) is 5.26. The van der Waals surface area contributed by atoms with Crippen LogP contribution in [0.15, 0.2) is 24.3 Å². The van der Waals surface area contributed by atoms with Crippen LogP contribution < -0.4 is 4.90 Å². The highest BCUT2D eigenvalue weighted by Crippen LogP contribution is 2.44. The molecule has 1 atom stereocenters. The number of amides is 2. The zero-order chi connectivity index (χ0) is 24.4. The summed E-state index contributed by atoms with van der Waals surface area (Å²) >= 11 is 0. The number of cyclic esters (lactones) is 1. The predicted molar refractivity (Wildman–Crippen MR) is 121 cm³/mol. The van der Waals surface area contributed by atoms with Crippen molar-refractivity contribution in [3.8, 4) is 0 Å². The smallest absolute Gasteiger partial charge is 0.312 e. The van der Waals surface area contributed by atoms with E-state index in [1.54, 1.807) is 4.90 Å². The first-order valence-corrected chi connectivity index (χ1v) is 12.2. The highest BCUT2D eigenvalue weighted by atomic mass is 19.1. The monoisotopic (exact) mass is 490 g/mol. The SMILES string of the molecule is O=C(CN1OOCC1=O)N1CCC2(CC1)C[C@H](CCN1CCN(c3ccc(F)cc3)CC1)OC2=O. The molecular weight excluding hydrogens is 459 g/mol. The third-order valence-corrected chi connectivity index (χ3v) is 7.61. The first-order chi connectivity index (χ1) is 16.9. The summed E-state index contributed by atoms with van der Waals surface area (Å²) in [5.41, 5.74) is 0.515. The molecule has 2 amide bonds. The van der Waals surface area contributed by atoms with Crippen LogP contribution in [-0.4, -0.2) is 97.7 Å². The molecule has 1 spiro atoms. The van der Waals surface area contributed by atoms with Crippen LogP contribution in [0.4, 0.5) is 10.1 Å². The minimum absolute atomic E-state index is 0.104.